The minimum atomic E-state index is -0.442. The van der Waals surface area contributed by atoms with Gasteiger partial charge in [-0.2, -0.15) is 5.26 Å². The Labute approximate surface area is 140 Å². The summed E-state index contributed by atoms with van der Waals surface area (Å²) in [4.78, 5) is 13.9. The van der Waals surface area contributed by atoms with E-state index in [0.29, 0.717) is 24.1 Å². The maximum atomic E-state index is 12.3. The second-order valence-corrected chi connectivity index (χ2v) is 6.18. The average Bonchev–Trinajstić information content (AvgIpc) is 2.55. The van der Waals surface area contributed by atoms with Crippen molar-refractivity contribution in [3.05, 3.63) is 59.7 Å². The van der Waals surface area contributed by atoms with Crippen LogP contribution in [0.1, 0.15) is 29.3 Å². The molecule has 0 aliphatic carbocycles. The van der Waals surface area contributed by atoms with Crippen LogP contribution in [-0.4, -0.2) is 23.7 Å². The monoisotopic (exact) mass is 326 g/mol. The molecular weight excluding hydrogens is 308 g/mol. The molecule has 0 aliphatic heterocycles. The Bertz CT molecular complexity index is 723. The quantitative estimate of drug-likeness (QED) is 0.855. The van der Waals surface area contributed by atoms with E-state index in [1.165, 1.54) is 11.8 Å². The van der Waals surface area contributed by atoms with E-state index < -0.39 is 6.10 Å². The van der Waals surface area contributed by atoms with Gasteiger partial charge in [-0.1, -0.05) is 36.0 Å². The summed E-state index contributed by atoms with van der Waals surface area (Å²) in [7, 11) is 0. The number of aliphatic hydroxyl groups is 1. The molecule has 0 saturated heterocycles. The number of nitrogens with zero attached hydrogens (tertiary/aromatic N) is 1. The topological polar surface area (TPSA) is 73.1 Å². The molecule has 1 amide bonds. The van der Waals surface area contributed by atoms with Crippen molar-refractivity contribution in [3.63, 3.8) is 0 Å². The number of hydrogen-bond donors (Lipinski definition) is 2. The van der Waals surface area contributed by atoms with Crippen LogP contribution >= 0.6 is 11.8 Å². The van der Waals surface area contributed by atoms with Gasteiger partial charge >= 0.3 is 0 Å². The smallest absolute Gasteiger partial charge is 0.252 e. The van der Waals surface area contributed by atoms with Crippen molar-refractivity contribution in [2.24, 2.45) is 0 Å². The maximum Gasteiger partial charge on any atom is 0.252 e. The van der Waals surface area contributed by atoms with Gasteiger partial charge in [0.05, 0.1) is 17.2 Å². The summed E-state index contributed by atoms with van der Waals surface area (Å²) in [6, 6.07) is 16.8. The van der Waals surface area contributed by atoms with Crippen molar-refractivity contribution in [3.8, 4) is 6.07 Å². The summed E-state index contributed by atoms with van der Waals surface area (Å²) in [5.41, 5.74) is 1.15. The molecule has 0 spiro atoms. The molecule has 4 nitrogen and oxygen atoms in total. The number of amides is 1. The van der Waals surface area contributed by atoms with Gasteiger partial charge in [-0.05, 0) is 37.6 Å². The number of carbonyl (C=O) groups is 1. The van der Waals surface area contributed by atoms with Crippen molar-refractivity contribution in [2.75, 3.05) is 6.54 Å². The van der Waals surface area contributed by atoms with Gasteiger partial charge in [0.1, 0.15) is 6.07 Å². The Kier molecular flexibility index (Phi) is 6.21. The van der Waals surface area contributed by atoms with E-state index in [4.69, 9.17) is 0 Å². The van der Waals surface area contributed by atoms with Crippen molar-refractivity contribution in [1.29, 1.82) is 5.26 Å². The molecule has 0 fully saturated rings. The van der Waals surface area contributed by atoms with Crippen molar-refractivity contribution >= 4 is 17.7 Å². The van der Waals surface area contributed by atoms with Crippen molar-refractivity contribution < 1.29 is 9.90 Å². The first kappa shape index (κ1) is 17.1. The first-order valence-electron chi connectivity index (χ1n) is 7.34. The van der Waals surface area contributed by atoms with E-state index in [2.05, 4.69) is 11.4 Å². The number of nitriles is 1. The number of nitrogens with one attached hydrogen (secondary N) is 1. The highest BCUT2D eigenvalue weighted by Crippen LogP contribution is 2.32. The zero-order chi connectivity index (χ0) is 16.7. The predicted octanol–water partition coefficient (Wildman–Crippen LogP) is 3.21. The minimum Gasteiger partial charge on any atom is -0.393 e. The van der Waals surface area contributed by atoms with E-state index in [-0.39, 0.29) is 5.91 Å². The highest BCUT2D eigenvalue weighted by molar-refractivity contribution is 7.99. The van der Waals surface area contributed by atoms with Gasteiger partial charge in [0.2, 0.25) is 0 Å². The Morgan fingerprint density at radius 2 is 1.87 bits per heavy atom. The minimum absolute atomic E-state index is 0.178. The van der Waals surface area contributed by atoms with Crippen LogP contribution in [0.3, 0.4) is 0 Å². The summed E-state index contributed by atoms with van der Waals surface area (Å²) in [6.45, 7) is 2.11. The van der Waals surface area contributed by atoms with E-state index >= 15 is 0 Å². The fraction of sp³-hybridized carbons (Fsp3) is 0.222. The lowest BCUT2D eigenvalue weighted by Gasteiger charge is -2.11. The fourth-order valence-corrected chi connectivity index (χ4v) is 3.02. The van der Waals surface area contributed by atoms with Crippen molar-refractivity contribution in [1.82, 2.24) is 5.32 Å². The van der Waals surface area contributed by atoms with E-state index in [1.807, 2.05) is 36.4 Å². The second kappa shape index (κ2) is 8.37. The lowest BCUT2D eigenvalue weighted by molar-refractivity contribution is 0.0942. The average molecular weight is 326 g/mol. The molecule has 1 atom stereocenters. The zero-order valence-corrected chi connectivity index (χ0v) is 13.6. The SMILES string of the molecule is CC(O)CCNC(=O)c1ccccc1Sc1ccccc1C#N. The van der Waals surface area contributed by atoms with Crippen LogP contribution in [0.4, 0.5) is 0 Å². The van der Waals surface area contributed by atoms with Crippen molar-refractivity contribution in [2.45, 2.75) is 29.2 Å². The van der Waals surface area contributed by atoms with Gasteiger partial charge < -0.3 is 10.4 Å². The fourth-order valence-electron chi connectivity index (χ4n) is 2.00. The Morgan fingerprint density at radius 3 is 2.57 bits per heavy atom. The predicted molar refractivity (Wildman–Crippen MR) is 90.4 cm³/mol. The molecule has 0 bridgehead atoms. The van der Waals surface area contributed by atoms with Crippen LogP contribution in [0.5, 0.6) is 0 Å². The van der Waals surface area contributed by atoms with Gasteiger partial charge in [-0.25, -0.2) is 0 Å². The first-order chi connectivity index (χ1) is 11.1. The third kappa shape index (κ3) is 4.85. The highest BCUT2D eigenvalue weighted by Gasteiger charge is 2.13. The van der Waals surface area contributed by atoms with E-state index in [0.717, 1.165) is 9.79 Å². The lowest BCUT2D eigenvalue weighted by Crippen LogP contribution is -2.26. The Morgan fingerprint density at radius 1 is 1.22 bits per heavy atom. The first-order valence-corrected chi connectivity index (χ1v) is 8.15. The summed E-state index contributed by atoms with van der Waals surface area (Å²) in [6.07, 6.45) is 0.0700. The molecule has 2 aromatic rings. The van der Waals surface area contributed by atoms with E-state index in [1.54, 1.807) is 19.1 Å². The van der Waals surface area contributed by atoms with Crippen LogP contribution in [-0.2, 0) is 0 Å². The normalized spacial score (nSPS) is 11.5. The molecule has 0 heterocycles. The second-order valence-electron chi connectivity index (χ2n) is 5.10. The van der Waals surface area contributed by atoms with Crippen LogP contribution < -0.4 is 5.32 Å². The van der Waals surface area contributed by atoms with Gasteiger partial charge in [-0.3, -0.25) is 4.79 Å². The van der Waals surface area contributed by atoms with Gasteiger partial charge in [0.25, 0.3) is 5.91 Å². The molecule has 2 aromatic carbocycles. The number of carbonyl (C=O) groups excluding carboxylic acids is 1. The Balaban J connectivity index is 2.17. The molecule has 2 N–H and O–H groups in total. The summed E-state index contributed by atoms with van der Waals surface area (Å²) in [5.74, 6) is -0.178. The van der Waals surface area contributed by atoms with Crippen LogP contribution in [0, 0.1) is 11.3 Å². The molecule has 118 valence electrons. The third-order valence-electron chi connectivity index (χ3n) is 3.21. The standard InChI is InChI=1S/C18H18N2O2S/c1-13(21)10-11-20-18(22)15-7-3-5-9-17(15)23-16-8-4-2-6-14(16)12-19/h2-9,13,21H,10-11H2,1H3,(H,20,22). The molecule has 0 aromatic heterocycles. The highest BCUT2D eigenvalue weighted by atomic mass is 32.2. The van der Waals surface area contributed by atoms with Gasteiger partial charge in [-0.15, -0.1) is 0 Å². The molecule has 5 heteroatoms. The number of rotatable bonds is 6. The van der Waals surface area contributed by atoms with E-state index in [9.17, 15) is 15.2 Å². The lowest BCUT2D eigenvalue weighted by atomic mass is 10.2. The van der Waals surface area contributed by atoms with Crippen LogP contribution in [0.25, 0.3) is 0 Å². The molecule has 0 aliphatic rings. The Hall–Kier alpha value is -2.29. The third-order valence-corrected chi connectivity index (χ3v) is 4.36. The number of hydrogen-bond acceptors (Lipinski definition) is 4. The summed E-state index contributed by atoms with van der Waals surface area (Å²) >= 11 is 1.40. The molecule has 0 radical (unpaired) electrons. The maximum absolute atomic E-state index is 12.3. The molecule has 1 unspecified atom stereocenters. The number of benzene rings is 2. The van der Waals surface area contributed by atoms with Gasteiger partial charge in [0, 0.05) is 16.3 Å². The summed E-state index contributed by atoms with van der Waals surface area (Å²) < 4.78 is 0. The molecule has 0 saturated carbocycles. The molecule has 2 rings (SSSR count). The number of aliphatic hydroxyl groups excluding tert-OH is 1. The largest absolute Gasteiger partial charge is 0.393 e. The van der Waals surface area contributed by atoms with Crippen LogP contribution in [0.15, 0.2) is 58.3 Å². The van der Waals surface area contributed by atoms with Crippen LogP contribution in [0.2, 0.25) is 0 Å². The van der Waals surface area contributed by atoms with Gasteiger partial charge in [0.15, 0.2) is 0 Å². The zero-order valence-electron chi connectivity index (χ0n) is 12.8. The summed E-state index contributed by atoms with van der Waals surface area (Å²) in [5, 5.41) is 21.2. The molecule has 23 heavy (non-hydrogen) atoms. The molecular formula is C18H18N2O2S.